The number of hydrogen-bond donors (Lipinski definition) is 1. The van der Waals surface area contributed by atoms with E-state index in [1.807, 2.05) is 38.1 Å². The lowest BCUT2D eigenvalue weighted by molar-refractivity contribution is -0.129. The third-order valence-electron chi connectivity index (χ3n) is 7.93. The number of nitrogens with one attached hydrogen (secondary N) is 1. The van der Waals surface area contributed by atoms with Gasteiger partial charge in [-0.2, -0.15) is 0 Å². The summed E-state index contributed by atoms with van der Waals surface area (Å²) in [5.74, 6) is -0.544. The average Bonchev–Trinajstić information content (AvgIpc) is 3.47. The van der Waals surface area contributed by atoms with Crippen molar-refractivity contribution in [1.29, 1.82) is 0 Å². The van der Waals surface area contributed by atoms with Crippen LogP contribution in [0.5, 0.6) is 0 Å². The summed E-state index contributed by atoms with van der Waals surface area (Å²) in [7, 11) is 1.39. The predicted molar refractivity (Wildman–Crippen MR) is 143 cm³/mol. The summed E-state index contributed by atoms with van der Waals surface area (Å²) in [5, 5.41) is 3.00. The molecule has 0 bridgehead atoms. The highest BCUT2D eigenvalue weighted by Gasteiger charge is 2.56. The van der Waals surface area contributed by atoms with Gasteiger partial charge in [-0.25, -0.2) is 0 Å². The highest BCUT2D eigenvalue weighted by Crippen LogP contribution is 2.43. The molecular weight excluding hydrogens is 490 g/mol. The summed E-state index contributed by atoms with van der Waals surface area (Å²) in [6.07, 6.45) is 1.03. The molecule has 4 rings (SSSR count). The fraction of sp³-hybridized carbons (Fsp3) is 0.667. The van der Waals surface area contributed by atoms with Gasteiger partial charge in [0.05, 0.1) is 25.0 Å². The van der Waals surface area contributed by atoms with Gasteiger partial charge in [0.15, 0.2) is 11.6 Å². The molecule has 3 fully saturated rings. The Balaban J connectivity index is 1.39. The number of piperazine rings is 1. The number of nitrogens with zero attached hydrogens (tertiary/aromatic N) is 2. The predicted octanol–water partition coefficient (Wildman–Crippen LogP) is 1.44. The van der Waals surface area contributed by atoms with Crippen LogP contribution in [0.15, 0.2) is 24.3 Å². The Morgan fingerprint density at radius 3 is 2.46 bits per heavy atom. The maximum absolute atomic E-state index is 13.7. The first-order chi connectivity index (χ1) is 17.8. The van der Waals surface area contributed by atoms with E-state index in [0.29, 0.717) is 18.4 Å². The Labute approximate surface area is 221 Å². The molecule has 37 heavy (non-hydrogen) atoms. The van der Waals surface area contributed by atoms with Gasteiger partial charge < -0.3 is 24.1 Å². The SMILES string of the molecule is COCCN1CCN(c2ccc(C(=O)NC(CC(C)C)C(=O)C3C[C@@H](OC)[Si@H]4OCC(=O)[C@@H]34)cc2)CC1. The third kappa shape index (κ3) is 6.49. The van der Waals surface area contributed by atoms with E-state index < -0.39 is 21.0 Å². The molecule has 0 aliphatic carbocycles. The summed E-state index contributed by atoms with van der Waals surface area (Å²) < 4.78 is 16.5. The first kappa shape index (κ1) is 27.9. The fourth-order valence-electron chi connectivity index (χ4n) is 5.90. The van der Waals surface area contributed by atoms with Crippen LogP contribution in [0.25, 0.3) is 0 Å². The van der Waals surface area contributed by atoms with Crippen molar-refractivity contribution in [1.82, 2.24) is 10.2 Å². The molecule has 0 spiro atoms. The first-order valence-electron chi connectivity index (χ1n) is 13.4. The Kier molecular flexibility index (Phi) is 9.52. The zero-order chi connectivity index (χ0) is 26.5. The number of benzene rings is 1. The number of anilines is 1. The zero-order valence-electron chi connectivity index (χ0n) is 22.5. The zero-order valence-corrected chi connectivity index (χ0v) is 23.6. The summed E-state index contributed by atoms with van der Waals surface area (Å²) >= 11 is 0. The smallest absolute Gasteiger partial charge is 0.251 e. The van der Waals surface area contributed by atoms with E-state index in [9.17, 15) is 14.4 Å². The molecule has 1 aromatic rings. The van der Waals surface area contributed by atoms with E-state index in [0.717, 1.165) is 45.0 Å². The monoisotopic (exact) mass is 531 g/mol. The number of rotatable bonds is 11. The van der Waals surface area contributed by atoms with Crippen molar-refractivity contribution in [2.24, 2.45) is 11.8 Å². The second-order valence-corrected chi connectivity index (χ2v) is 13.5. The standard InChI is InChI=1S/C27H41N3O6Si/c1-18(2)15-22(25(32)21-16-24(35-4)37-26(21)23(31)17-36-37)28-27(33)19-5-7-20(8-6-19)30-11-9-29(10-12-30)13-14-34-3/h5-8,18,21-22,24,26,37H,9-17H2,1-4H3,(H,28,33)/t21?,22?,24-,26+,37+/m0/s1. The minimum absolute atomic E-state index is 0.0132. The molecule has 3 aliphatic rings. The Bertz CT molecular complexity index is 950. The molecule has 3 heterocycles. The van der Waals surface area contributed by atoms with E-state index in [4.69, 9.17) is 13.9 Å². The van der Waals surface area contributed by atoms with E-state index in [1.54, 1.807) is 14.2 Å². The Morgan fingerprint density at radius 1 is 1.14 bits per heavy atom. The molecule has 10 heteroatoms. The van der Waals surface area contributed by atoms with Crippen molar-refractivity contribution in [3.8, 4) is 0 Å². The van der Waals surface area contributed by atoms with Crippen molar-refractivity contribution >= 4 is 32.2 Å². The van der Waals surface area contributed by atoms with E-state index in [1.165, 1.54) is 0 Å². The maximum atomic E-state index is 13.7. The van der Waals surface area contributed by atoms with Crippen LogP contribution in [-0.4, -0.2) is 103 Å². The van der Waals surface area contributed by atoms with Gasteiger partial charge in [0.25, 0.3) is 5.91 Å². The second kappa shape index (κ2) is 12.6. The second-order valence-electron chi connectivity index (χ2n) is 10.8. The van der Waals surface area contributed by atoms with Crippen LogP contribution >= 0.6 is 0 Å². The number of amides is 1. The van der Waals surface area contributed by atoms with Crippen LogP contribution in [0.2, 0.25) is 5.54 Å². The molecule has 1 aromatic carbocycles. The molecule has 1 N–H and O–H groups in total. The number of carbonyl (C=O) groups is 3. The number of carbonyl (C=O) groups excluding carboxylic acids is 3. The van der Waals surface area contributed by atoms with Crippen LogP contribution in [0.4, 0.5) is 5.69 Å². The van der Waals surface area contributed by atoms with Crippen LogP contribution in [-0.2, 0) is 23.5 Å². The topological polar surface area (TPSA) is 97.4 Å². The Hall–Kier alpha value is -2.11. The Morgan fingerprint density at radius 2 is 1.84 bits per heavy atom. The normalized spacial score (nSPS) is 26.9. The molecule has 2 unspecified atom stereocenters. The highest BCUT2D eigenvalue weighted by molar-refractivity contribution is 6.63. The number of fused-ring (bicyclic) bond motifs is 1. The number of Topliss-reactive ketones (excluding diaryl/α,β-unsaturated/α-hetero) is 2. The van der Waals surface area contributed by atoms with Crippen LogP contribution in [0.3, 0.4) is 0 Å². The number of methoxy groups -OCH3 is 2. The van der Waals surface area contributed by atoms with E-state index >= 15 is 0 Å². The van der Waals surface area contributed by atoms with Gasteiger partial charge >= 0.3 is 0 Å². The van der Waals surface area contributed by atoms with Crippen LogP contribution in [0.1, 0.15) is 37.0 Å². The quantitative estimate of drug-likeness (QED) is 0.429. The molecule has 3 saturated heterocycles. The van der Waals surface area contributed by atoms with Crippen LogP contribution in [0, 0.1) is 11.8 Å². The molecule has 9 nitrogen and oxygen atoms in total. The molecule has 1 amide bonds. The number of hydrogen-bond acceptors (Lipinski definition) is 8. The van der Waals surface area contributed by atoms with Crippen LogP contribution < -0.4 is 10.2 Å². The lowest BCUT2D eigenvalue weighted by Gasteiger charge is -2.36. The van der Waals surface area contributed by atoms with Gasteiger partial charge in [0, 0.05) is 69.7 Å². The molecule has 0 radical (unpaired) electrons. The fourth-order valence-corrected chi connectivity index (χ4v) is 9.24. The molecule has 5 atom stereocenters. The summed E-state index contributed by atoms with van der Waals surface area (Å²) in [5.41, 5.74) is 1.12. The highest BCUT2D eigenvalue weighted by atomic mass is 28.3. The molecule has 0 aromatic heterocycles. The summed E-state index contributed by atoms with van der Waals surface area (Å²) in [6.45, 7) is 9.65. The summed E-state index contributed by atoms with van der Waals surface area (Å²) in [6, 6.07) is 6.96. The molecule has 204 valence electrons. The molecular formula is C27H41N3O6Si. The van der Waals surface area contributed by atoms with Crippen molar-refractivity contribution in [2.75, 3.05) is 65.1 Å². The van der Waals surface area contributed by atoms with Gasteiger partial charge in [-0.15, -0.1) is 0 Å². The van der Waals surface area contributed by atoms with Gasteiger partial charge in [-0.1, -0.05) is 13.8 Å². The number of ether oxygens (including phenoxy) is 2. The van der Waals surface area contributed by atoms with Gasteiger partial charge in [0.2, 0.25) is 9.04 Å². The molecule has 3 aliphatic heterocycles. The lowest BCUT2D eigenvalue weighted by Crippen LogP contribution is -2.47. The third-order valence-corrected chi connectivity index (χ3v) is 11.3. The maximum Gasteiger partial charge on any atom is 0.251 e. The minimum Gasteiger partial charge on any atom is -0.409 e. The van der Waals surface area contributed by atoms with Crippen molar-refractivity contribution < 1.29 is 28.3 Å². The van der Waals surface area contributed by atoms with E-state index in [-0.39, 0.29) is 41.3 Å². The first-order valence-corrected chi connectivity index (χ1v) is 15.2. The van der Waals surface area contributed by atoms with E-state index in [2.05, 4.69) is 15.1 Å². The van der Waals surface area contributed by atoms with Crippen molar-refractivity contribution in [3.05, 3.63) is 29.8 Å². The van der Waals surface area contributed by atoms with Gasteiger partial charge in [-0.05, 0) is 43.0 Å². The molecule has 0 saturated carbocycles. The average molecular weight is 532 g/mol. The van der Waals surface area contributed by atoms with Crippen molar-refractivity contribution in [3.63, 3.8) is 0 Å². The lowest BCUT2D eigenvalue weighted by atomic mass is 9.87. The largest absolute Gasteiger partial charge is 0.409 e. The van der Waals surface area contributed by atoms with Crippen molar-refractivity contribution in [2.45, 2.75) is 44.0 Å². The van der Waals surface area contributed by atoms with Gasteiger partial charge in [0.1, 0.15) is 0 Å². The summed E-state index contributed by atoms with van der Waals surface area (Å²) in [4.78, 5) is 44.1. The minimum atomic E-state index is -1.95. The van der Waals surface area contributed by atoms with Gasteiger partial charge in [-0.3, -0.25) is 19.3 Å². The number of ketones is 2.